The number of carbonyl (C=O) groups is 2. The summed E-state index contributed by atoms with van der Waals surface area (Å²) in [7, 11) is -3.34. The van der Waals surface area contributed by atoms with Crippen LogP contribution >= 0.6 is 0 Å². The average Bonchev–Trinajstić information content (AvgIpc) is 2.62. The predicted octanol–water partition coefficient (Wildman–Crippen LogP) is 0.929. The average molecular weight is 375 g/mol. The molecule has 2 saturated heterocycles. The molecule has 0 radical (unpaired) electrons. The molecule has 2 rings (SSSR count). The highest BCUT2D eigenvalue weighted by Crippen LogP contribution is 2.15. The molecule has 144 valence electrons. The molecule has 0 bridgehead atoms. The Labute approximate surface area is 149 Å². The molecular formula is C16H29N3O5S. The number of nitrogens with one attached hydrogen (secondary N) is 1. The Hall–Kier alpha value is -1.35. The lowest BCUT2D eigenvalue weighted by Crippen LogP contribution is -2.47. The zero-order valence-electron chi connectivity index (χ0n) is 14.9. The molecule has 0 atom stereocenters. The molecule has 8 nitrogen and oxygen atoms in total. The molecule has 0 spiro atoms. The van der Waals surface area contributed by atoms with Crippen molar-refractivity contribution in [2.24, 2.45) is 0 Å². The Balaban J connectivity index is 1.69. The SMILES string of the molecule is CCOC(=O)N1CCC(NC(=O)CCS(=O)(=O)N2CCCCC2)CC1. The molecular weight excluding hydrogens is 346 g/mol. The van der Waals surface area contributed by atoms with Crippen molar-refractivity contribution in [1.82, 2.24) is 14.5 Å². The maximum absolute atomic E-state index is 12.2. The van der Waals surface area contributed by atoms with Crippen molar-refractivity contribution >= 4 is 22.0 Å². The molecule has 2 fully saturated rings. The fraction of sp³-hybridized carbons (Fsp3) is 0.875. The van der Waals surface area contributed by atoms with E-state index >= 15 is 0 Å². The molecule has 0 aromatic heterocycles. The molecule has 0 aromatic carbocycles. The Morgan fingerprint density at radius 3 is 2.32 bits per heavy atom. The fourth-order valence-corrected chi connectivity index (χ4v) is 4.73. The van der Waals surface area contributed by atoms with Crippen LogP contribution in [0.3, 0.4) is 0 Å². The van der Waals surface area contributed by atoms with Crippen LogP contribution in [0.1, 0.15) is 45.4 Å². The molecule has 0 aromatic rings. The third-order valence-electron chi connectivity index (χ3n) is 4.68. The minimum absolute atomic E-state index is 0.0169. The van der Waals surface area contributed by atoms with Crippen LogP contribution in [0.5, 0.6) is 0 Å². The zero-order valence-corrected chi connectivity index (χ0v) is 15.7. The molecule has 2 aliphatic rings. The second-order valence-electron chi connectivity index (χ2n) is 6.55. The van der Waals surface area contributed by atoms with Crippen LogP contribution in [0.2, 0.25) is 0 Å². The Morgan fingerprint density at radius 1 is 1.08 bits per heavy atom. The first kappa shape index (κ1) is 20.0. The van der Waals surface area contributed by atoms with Gasteiger partial charge in [-0.15, -0.1) is 0 Å². The third-order valence-corrected chi connectivity index (χ3v) is 6.55. The van der Waals surface area contributed by atoms with E-state index < -0.39 is 10.0 Å². The maximum Gasteiger partial charge on any atom is 0.409 e. The van der Waals surface area contributed by atoms with Crippen molar-refractivity contribution < 1.29 is 22.7 Å². The monoisotopic (exact) mass is 375 g/mol. The molecule has 2 heterocycles. The number of rotatable bonds is 6. The third kappa shape index (κ3) is 6.14. The summed E-state index contributed by atoms with van der Waals surface area (Å²) < 4.78 is 31.0. The van der Waals surface area contributed by atoms with Crippen molar-refractivity contribution in [2.75, 3.05) is 38.5 Å². The summed E-state index contributed by atoms with van der Waals surface area (Å²) >= 11 is 0. The number of carbonyl (C=O) groups excluding carboxylic acids is 2. The summed E-state index contributed by atoms with van der Waals surface area (Å²) in [6.45, 7) is 4.32. The number of ether oxygens (including phenoxy) is 1. The van der Waals surface area contributed by atoms with Gasteiger partial charge in [0.25, 0.3) is 0 Å². The summed E-state index contributed by atoms with van der Waals surface area (Å²) in [5.74, 6) is -0.379. The van der Waals surface area contributed by atoms with E-state index in [1.54, 1.807) is 11.8 Å². The predicted molar refractivity (Wildman–Crippen MR) is 93.6 cm³/mol. The number of piperidine rings is 2. The summed E-state index contributed by atoms with van der Waals surface area (Å²) in [6, 6.07) is -0.0177. The van der Waals surface area contributed by atoms with Gasteiger partial charge in [0.05, 0.1) is 12.4 Å². The van der Waals surface area contributed by atoms with Gasteiger partial charge in [0, 0.05) is 38.6 Å². The first-order valence-electron chi connectivity index (χ1n) is 9.11. The van der Waals surface area contributed by atoms with E-state index in [1.807, 2.05) is 0 Å². The summed E-state index contributed by atoms with van der Waals surface area (Å²) in [5, 5.41) is 2.89. The number of likely N-dealkylation sites (tertiary alicyclic amines) is 1. The van der Waals surface area contributed by atoms with Crippen LogP contribution in [-0.2, 0) is 19.6 Å². The molecule has 2 amide bonds. The minimum Gasteiger partial charge on any atom is -0.450 e. The van der Waals surface area contributed by atoms with Gasteiger partial charge in [-0.2, -0.15) is 0 Å². The second-order valence-corrected chi connectivity index (χ2v) is 8.64. The van der Waals surface area contributed by atoms with Crippen LogP contribution in [0.15, 0.2) is 0 Å². The van der Waals surface area contributed by atoms with Gasteiger partial charge in [-0.05, 0) is 32.6 Å². The van der Waals surface area contributed by atoms with E-state index in [1.165, 1.54) is 4.31 Å². The van der Waals surface area contributed by atoms with Gasteiger partial charge in [0.1, 0.15) is 0 Å². The molecule has 0 unspecified atom stereocenters. The van der Waals surface area contributed by atoms with Crippen molar-refractivity contribution in [3.05, 3.63) is 0 Å². The summed E-state index contributed by atoms with van der Waals surface area (Å²) in [5.41, 5.74) is 0. The normalized spacial score (nSPS) is 20.3. The Bertz CT molecular complexity index is 552. The van der Waals surface area contributed by atoms with Crippen LogP contribution < -0.4 is 5.32 Å². The van der Waals surface area contributed by atoms with Gasteiger partial charge in [-0.1, -0.05) is 6.42 Å². The molecule has 0 aliphatic carbocycles. The van der Waals surface area contributed by atoms with Gasteiger partial charge < -0.3 is 15.0 Å². The number of hydrogen-bond acceptors (Lipinski definition) is 5. The van der Waals surface area contributed by atoms with E-state index in [-0.39, 0.29) is 30.2 Å². The van der Waals surface area contributed by atoms with Crippen molar-refractivity contribution in [3.8, 4) is 0 Å². The quantitative estimate of drug-likeness (QED) is 0.745. The van der Waals surface area contributed by atoms with Crippen LogP contribution in [0.4, 0.5) is 4.79 Å². The van der Waals surface area contributed by atoms with E-state index in [4.69, 9.17) is 4.74 Å². The topological polar surface area (TPSA) is 96.0 Å². The smallest absolute Gasteiger partial charge is 0.409 e. The largest absolute Gasteiger partial charge is 0.450 e. The van der Waals surface area contributed by atoms with E-state index in [9.17, 15) is 18.0 Å². The summed E-state index contributed by atoms with van der Waals surface area (Å²) in [6.07, 6.45) is 3.83. The lowest BCUT2D eigenvalue weighted by Gasteiger charge is -2.31. The first-order valence-corrected chi connectivity index (χ1v) is 10.7. The second kappa shape index (κ2) is 9.38. The van der Waals surface area contributed by atoms with Crippen LogP contribution in [0, 0.1) is 0 Å². The van der Waals surface area contributed by atoms with Gasteiger partial charge >= 0.3 is 6.09 Å². The Morgan fingerprint density at radius 2 is 1.72 bits per heavy atom. The number of sulfonamides is 1. The highest BCUT2D eigenvalue weighted by molar-refractivity contribution is 7.89. The van der Waals surface area contributed by atoms with Crippen molar-refractivity contribution in [1.29, 1.82) is 0 Å². The highest BCUT2D eigenvalue weighted by atomic mass is 32.2. The van der Waals surface area contributed by atoms with E-state index in [0.29, 0.717) is 45.6 Å². The molecule has 1 N–H and O–H groups in total. The molecule has 2 aliphatic heterocycles. The van der Waals surface area contributed by atoms with E-state index in [2.05, 4.69) is 5.32 Å². The lowest BCUT2D eigenvalue weighted by atomic mass is 10.1. The fourth-order valence-electron chi connectivity index (χ4n) is 3.21. The van der Waals surface area contributed by atoms with Crippen molar-refractivity contribution in [3.63, 3.8) is 0 Å². The van der Waals surface area contributed by atoms with E-state index in [0.717, 1.165) is 19.3 Å². The first-order chi connectivity index (χ1) is 11.9. The molecule has 9 heteroatoms. The Kier molecular flexibility index (Phi) is 7.49. The van der Waals surface area contributed by atoms with Gasteiger partial charge in [-0.3, -0.25) is 4.79 Å². The zero-order chi connectivity index (χ0) is 18.3. The standard InChI is InChI=1S/C16H29N3O5S/c1-2-24-16(21)18-11-6-14(7-12-18)17-15(20)8-13-25(22,23)19-9-4-3-5-10-19/h14H,2-13H2,1H3,(H,17,20). The van der Waals surface area contributed by atoms with Gasteiger partial charge in [0.15, 0.2) is 0 Å². The van der Waals surface area contributed by atoms with Gasteiger partial charge in [0.2, 0.25) is 15.9 Å². The maximum atomic E-state index is 12.2. The number of hydrogen-bond donors (Lipinski definition) is 1. The molecule has 0 saturated carbocycles. The van der Waals surface area contributed by atoms with Crippen molar-refractivity contribution in [2.45, 2.75) is 51.5 Å². The van der Waals surface area contributed by atoms with Gasteiger partial charge in [-0.25, -0.2) is 17.5 Å². The van der Waals surface area contributed by atoms with Crippen LogP contribution in [0.25, 0.3) is 0 Å². The number of amides is 2. The lowest BCUT2D eigenvalue weighted by molar-refractivity contribution is -0.121. The molecule has 25 heavy (non-hydrogen) atoms. The van der Waals surface area contributed by atoms with Crippen LogP contribution in [-0.4, -0.2) is 74.2 Å². The highest BCUT2D eigenvalue weighted by Gasteiger charge is 2.27. The summed E-state index contributed by atoms with van der Waals surface area (Å²) in [4.78, 5) is 25.3. The number of nitrogens with zero attached hydrogens (tertiary/aromatic N) is 2. The minimum atomic E-state index is -3.34.